The number of hydrogen-bond acceptors (Lipinski definition) is 7. The van der Waals surface area contributed by atoms with E-state index in [2.05, 4.69) is 15.5 Å². The van der Waals surface area contributed by atoms with Crippen LogP contribution in [0.3, 0.4) is 0 Å². The number of benzene rings is 2. The number of carbonyl (C=O) groups excluding carboxylic acids is 2. The Morgan fingerprint density at radius 3 is 2.41 bits per heavy atom. The van der Waals surface area contributed by atoms with Gasteiger partial charge in [-0.2, -0.15) is 0 Å². The molecular formula is C21H21N3O4S. The van der Waals surface area contributed by atoms with Crippen molar-refractivity contribution in [2.24, 2.45) is 0 Å². The smallest absolute Gasteiger partial charge is 0.277 e. The second-order valence-electron chi connectivity index (χ2n) is 6.21. The molecule has 0 aliphatic rings. The molecule has 7 nitrogen and oxygen atoms in total. The molecule has 1 atom stereocenters. The van der Waals surface area contributed by atoms with Crippen molar-refractivity contribution in [1.82, 2.24) is 10.2 Å². The highest BCUT2D eigenvalue weighted by Crippen LogP contribution is 2.27. The van der Waals surface area contributed by atoms with Crippen LogP contribution < -0.4 is 10.1 Å². The topological polar surface area (TPSA) is 94.3 Å². The lowest BCUT2D eigenvalue weighted by atomic mass is 10.1. The van der Waals surface area contributed by atoms with Gasteiger partial charge < -0.3 is 14.5 Å². The van der Waals surface area contributed by atoms with Crippen molar-refractivity contribution in [2.75, 3.05) is 11.9 Å². The lowest BCUT2D eigenvalue weighted by molar-refractivity contribution is -0.115. The molecule has 1 amide bonds. The third kappa shape index (κ3) is 5.45. The maximum Gasteiger partial charge on any atom is 0.277 e. The van der Waals surface area contributed by atoms with Crippen LogP contribution in [0.5, 0.6) is 5.75 Å². The number of ether oxygens (including phenoxy) is 1. The molecule has 1 aromatic heterocycles. The van der Waals surface area contributed by atoms with E-state index in [0.717, 1.165) is 11.3 Å². The Labute approximate surface area is 172 Å². The van der Waals surface area contributed by atoms with E-state index in [1.165, 1.54) is 18.7 Å². The van der Waals surface area contributed by atoms with Gasteiger partial charge in [0, 0.05) is 16.8 Å². The third-order valence-electron chi connectivity index (χ3n) is 4.02. The number of hydrogen-bond donors (Lipinski definition) is 1. The van der Waals surface area contributed by atoms with Crippen LogP contribution >= 0.6 is 11.8 Å². The largest absolute Gasteiger partial charge is 0.494 e. The Balaban J connectivity index is 1.59. The van der Waals surface area contributed by atoms with E-state index < -0.39 is 5.25 Å². The molecule has 8 heteroatoms. The lowest BCUT2D eigenvalue weighted by Crippen LogP contribution is -2.22. The zero-order valence-corrected chi connectivity index (χ0v) is 17.2. The number of ketones is 1. The summed E-state index contributed by atoms with van der Waals surface area (Å²) in [5.74, 6) is 0.924. The fourth-order valence-corrected chi connectivity index (χ4v) is 3.15. The normalized spacial score (nSPS) is 11.7. The van der Waals surface area contributed by atoms with Gasteiger partial charge in [0.2, 0.25) is 11.8 Å². The van der Waals surface area contributed by atoms with Gasteiger partial charge in [0.1, 0.15) is 5.75 Å². The maximum absolute atomic E-state index is 12.4. The van der Waals surface area contributed by atoms with Gasteiger partial charge in [0.25, 0.3) is 5.22 Å². The molecule has 1 N–H and O–H groups in total. The van der Waals surface area contributed by atoms with Crippen molar-refractivity contribution >= 4 is 29.1 Å². The Morgan fingerprint density at radius 2 is 1.79 bits per heavy atom. The zero-order valence-electron chi connectivity index (χ0n) is 16.3. The summed E-state index contributed by atoms with van der Waals surface area (Å²) in [5, 5.41) is 10.7. The fourth-order valence-electron chi connectivity index (χ4n) is 2.47. The number of nitrogens with zero attached hydrogens (tertiary/aromatic N) is 2. The molecule has 0 radical (unpaired) electrons. The molecule has 0 aliphatic heterocycles. The number of carbonyl (C=O) groups is 2. The molecule has 0 fully saturated rings. The Hall–Kier alpha value is -3.13. The first-order valence-corrected chi connectivity index (χ1v) is 9.99. The average molecular weight is 411 g/mol. The zero-order chi connectivity index (χ0) is 20.8. The molecule has 150 valence electrons. The number of nitrogens with one attached hydrogen (secondary N) is 1. The monoisotopic (exact) mass is 411 g/mol. The van der Waals surface area contributed by atoms with Crippen LogP contribution in [0.2, 0.25) is 0 Å². The minimum atomic E-state index is -0.448. The van der Waals surface area contributed by atoms with E-state index in [0.29, 0.717) is 29.0 Å². The lowest BCUT2D eigenvalue weighted by Gasteiger charge is -2.10. The predicted molar refractivity (Wildman–Crippen MR) is 111 cm³/mol. The molecule has 0 saturated carbocycles. The maximum atomic E-state index is 12.4. The van der Waals surface area contributed by atoms with Crippen LogP contribution in [-0.2, 0) is 4.79 Å². The molecule has 1 heterocycles. The summed E-state index contributed by atoms with van der Waals surface area (Å²) in [6.07, 6.45) is 0. The van der Waals surface area contributed by atoms with E-state index >= 15 is 0 Å². The molecule has 3 rings (SSSR count). The van der Waals surface area contributed by atoms with Crippen molar-refractivity contribution in [1.29, 1.82) is 0 Å². The minimum Gasteiger partial charge on any atom is -0.494 e. The third-order valence-corrected chi connectivity index (χ3v) is 4.96. The van der Waals surface area contributed by atoms with Crippen LogP contribution in [0.4, 0.5) is 5.69 Å². The number of anilines is 1. The SMILES string of the molecule is CCOc1ccc(-c2nnc(S[C@@H](C)C(=O)Nc3ccc(C(C)=O)cc3)o2)cc1. The second-order valence-corrected chi connectivity index (χ2v) is 7.51. The summed E-state index contributed by atoms with van der Waals surface area (Å²) in [5.41, 5.74) is 1.99. The first kappa shape index (κ1) is 20.6. The minimum absolute atomic E-state index is 0.0217. The first-order chi connectivity index (χ1) is 14.0. The summed E-state index contributed by atoms with van der Waals surface area (Å²) in [6.45, 7) is 5.78. The fraction of sp³-hybridized carbons (Fsp3) is 0.238. The van der Waals surface area contributed by atoms with E-state index in [9.17, 15) is 9.59 Å². The van der Waals surface area contributed by atoms with Gasteiger partial charge in [-0.05, 0) is 69.3 Å². The second kappa shape index (κ2) is 9.38. The molecular weight excluding hydrogens is 390 g/mol. The van der Waals surface area contributed by atoms with Crippen LogP contribution in [0.1, 0.15) is 31.1 Å². The van der Waals surface area contributed by atoms with Gasteiger partial charge in [-0.1, -0.05) is 11.8 Å². The van der Waals surface area contributed by atoms with Crippen molar-refractivity contribution < 1.29 is 18.7 Å². The Kier molecular flexibility index (Phi) is 6.66. The summed E-state index contributed by atoms with van der Waals surface area (Å²) < 4.78 is 11.1. The highest BCUT2D eigenvalue weighted by atomic mass is 32.2. The molecule has 3 aromatic rings. The molecule has 0 unspecified atom stereocenters. The van der Waals surface area contributed by atoms with Gasteiger partial charge in [-0.3, -0.25) is 9.59 Å². The van der Waals surface area contributed by atoms with Crippen molar-refractivity contribution in [3.63, 3.8) is 0 Å². The van der Waals surface area contributed by atoms with Gasteiger partial charge >= 0.3 is 0 Å². The quantitative estimate of drug-likeness (QED) is 0.432. The first-order valence-electron chi connectivity index (χ1n) is 9.11. The molecule has 0 saturated heterocycles. The molecule has 0 aliphatic carbocycles. The van der Waals surface area contributed by atoms with Crippen molar-refractivity contribution in [3.05, 3.63) is 54.1 Å². The predicted octanol–water partition coefficient (Wildman–Crippen LogP) is 4.46. The standard InChI is InChI=1S/C21H21N3O4S/c1-4-27-18-11-7-16(8-12-18)20-23-24-21(28-20)29-14(3)19(26)22-17-9-5-15(6-10-17)13(2)25/h5-12,14H,4H2,1-3H3,(H,22,26)/t14-/m0/s1. The van der Waals surface area contributed by atoms with Crippen LogP contribution in [-0.4, -0.2) is 33.7 Å². The van der Waals surface area contributed by atoms with Gasteiger partial charge in [-0.15, -0.1) is 10.2 Å². The highest BCUT2D eigenvalue weighted by Gasteiger charge is 2.19. The van der Waals surface area contributed by atoms with Crippen molar-refractivity contribution in [2.45, 2.75) is 31.2 Å². The molecule has 0 bridgehead atoms. The van der Waals surface area contributed by atoms with Crippen LogP contribution in [0.25, 0.3) is 11.5 Å². The van der Waals surface area contributed by atoms with E-state index in [-0.39, 0.29) is 11.7 Å². The number of Topliss-reactive ketones (excluding diaryl/α,β-unsaturated/α-hetero) is 1. The van der Waals surface area contributed by atoms with Gasteiger partial charge in [-0.25, -0.2) is 0 Å². The van der Waals surface area contributed by atoms with E-state index in [1.807, 2.05) is 31.2 Å². The van der Waals surface area contributed by atoms with Crippen molar-refractivity contribution in [3.8, 4) is 17.2 Å². The van der Waals surface area contributed by atoms with E-state index in [1.54, 1.807) is 31.2 Å². The summed E-state index contributed by atoms with van der Waals surface area (Å²) >= 11 is 1.17. The number of aromatic nitrogens is 2. The molecule has 0 spiro atoms. The Bertz CT molecular complexity index is 984. The summed E-state index contributed by atoms with van der Waals surface area (Å²) in [4.78, 5) is 23.7. The summed E-state index contributed by atoms with van der Waals surface area (Å²) in [6, 6.07) is 14.1. The van der Waals surface area contributed by atoms with Crippen LogP contribution in [0, 0.1) is 0 Å². The molecule has 2 aromatic carbocycles. The number of rotatable bonds is 8. The van der Waals surface area contributed by atoms with Gasteiger partial charge in [0.05, 0.1) is 11.9 Å². The highest BCUT2D eigenvalue weighted by molar-refractivity contribution is 8.00. The number of thioether (sulfide) groups is 1. The van der Waals surface area contributed by atoms with Gasteiger partial charge in [0.15, 0.2) is 5.78 Å². The summed E-state index contributed by atoms with van der Waals surface area (Å²) in [7, 11) is 0. The number of amides is 1. The van der Waals surface area contributed by atoms with E-state index in [4.69, 9.17) is 9.15 Å². The average Bonchev–Trinajstić information content (AvgIpc) is 3.17. The Morgan fingerprint density at radius 1 is 1.10 bits per heavy atom. The molecule has 29 heavy (non-hydrogen) atoms. The van der Waals surface area contributed by atoms with Crippen LogP contribution in [0.15, 0.2) is 58.2 Å².